The van der Waals surface area contributed by atoms with Crippen LogP contribution in [0.3, 0.4) is 0 Å². The molecule has 174 valence electrons. The van der Waals surface area contributed by atoms with E-state index in [-0.39, 0.29) is 28.1 Å². The van der Waals surface area contributed by atoms with Crippen LogP contribution in [0.2, 0.25) is 5.02 Å². The van der Waals surface area contributed by atoms with Gasteiger partial charge >= 0.3 is 0 Å². The first kappa shape index (κ1) is 21.2. The zero-order valence-corrected chi connectivity index (χ0v) is 19.2. The monoisotopic (exact) mass is 481 g/mol. The minimum absolute atomic E-state index is 0.0152. The van der Waals surface area contributed by atoms with Crippen molar-refractivity contribution < 1.29 is 13.9 Å². The number of halogens is 2. The third-order valence-electron chi connectivity index (χ3n) is 6.80. The van der Waals surface area contributed by atoms with E-state index in [1.807, 2.05) is 6.92 Å². The van der Waals surface area contributed by atoms with Gasteiger partial charge in [-0.3, -0.25) is 14.0 Å². The van der Waals surface area contributed by atoms with Crippen LogP contribution in [0.4, 0.5) is 10.1 Å². The number of anilines is 1. The van der Waals surface area contributed by atoms with E-state index < -0.39 is 5.82 Å². The molecule has 34 heavy (non-hydrogen) atoms. The SMILES string of the molecule is Cc1cc2[nH]c(=O)c3nnc(C4CCOCC4)n3c2cc1C(=O)N1CCc2cc(F)c(Cl)cc21. The summed E-state index contributed by atoms with van der Waals surface area (Å²) in [7, 11) is 0. The van der Waals surface area contributed by atoms with Crippen molar-refractivity contribution in [3.05, 3.63) is 68.0 Å². The summed E-state index contributed by atoms with van der Waals surface area (Å²) in [6.45, 7) is 3.52. The number of fused-ring (bicyclic) bond motifs is 4. The van der Waals surface area contributed by atoms with Crippen molar-refractivity contribution in [1.82, 2.24) is 19.6 Å². The maximum Gasteiger partial charge on any atom is 0.294 e. The molecule has 10 heteroatoms. The van der Waals surface area contributed by atoms with E-state index in [2.05, 4.69) is 15.2 Å². The number of nitrogens with one attached hydrogen (secondary N) is 1. The second-order valence-corrected chi connectivity index (χ2v) is 9.25. The Bertz CT molecular complexity index is 1540. The summed E-state index contributed by atoms with van der Waals surface area (Å²) in [5.41, 5.74) is 3.71. The number of hydrogen-bond donors (Lipinski definition) is 1. The smallest absolute Gasteiger partial charge is 0.294 e. The minimum atomic E-state index is -0.490. The van der Waals surface area contributed by atoms with Gasteiger partial charge in [-0.15, -0.1) is 10.2 Å². The largest absolute Gasteiger partial charge is 0.381 e. The van der Waals surface area contributed by atoms with Crippen LogP contribution in [0.5, 0.6) is 0 Å². The molecule has 1 fully saturated rings. The third-order valence-corrected chi connectivity index (χ3v) is 7.09. The molecular formula is C24H21ClFN5O3. The average molecular weight is 482 g/mol. The number of nitrogens with zero attached hydrogens (tertiary/aromatic N) is 4. The van der Waals surface area contributed by atoms with Crippen molar-refractivity contribution in [2.45, 2.75) is 32.1 Å². The molecule has 8 nitrogen and oxygen atoms in total. The number of H-pyrrole nitrogens is 1. The van der Waals surface area contributed by atoms with Crippen LogP contribution >= 0.6 is 11.6 Å². The van der Waals surface area contributed by atoms with Crippen molar-refractivity contribution in [2.75, 3.05) is 24.7 Å². The third kappa shape index (κ3) is 3.22. The van der Waals surface area contributed by atoms with Gasteiger partial charge in [0.1, 0.15) is 11.6 Å². The molecular weight excluding hydrogens is 461 g/mol. The van der Waals surface area contributed by atoms with Crippen LogP contribution in [0.1, 0.15) is 46.1 Å². The molecule has 4 heterocycles. The number of aryl methyl sites for hydroxylation is 1. The summed E-state index contributed by atoms with van der Waals surface area (Å²) in [5, 5.41) is 8.48. The fraction of sp³-hybridized carbons (Fsp3) is 0.333. The van der Waals surface area contributed by atoms with Gasteiger partial charge in [0, 0.05) is 36.9 Å². The van der Waals surface area contributed by atoms with Crippen molar-refractivity contribution in [3.63, 3.8) is 0 Å². The maximum absolute atomic E-state index is 13.9. The Balaban J connectivity index is 1.51. The van der Waals surface area contributed by atoms with Gasteiger partial charge in [0.2, 0.25) is 5.65 Å². The lowest BCUT2D eigenvalue weighted by molar-refractivity contribution is 0.0834. The Morgan fingerprint density at radius 1 is 1.21 bits per heavy atom. The summed E-state index contributed by atoms with van der Waals surface area (Å²) in [4.78, 5) is 30.9. The molecule has 0 atom stereocenters. The van der Waals surface area contributed by atoms with Crippen LogP contribution in [0.15, 0.2) is 29.1 Å². The zero-order valence-electron chi connectivity index (χ0n) is 18.4. The molecule has 2 aromatic heterocycles. The van der Waals surface area contributed by atoms with E-state index in [0.717, 1.165) is 24.0 Å². The second-order valence-electron chi connectivity index (χ2n) is 8.84. The van der Waals surface area contributed by atoms with Gasteiger partial charge in [-0.1, -0.05) is 11.6 Å². The lowest BCUT2D eigenvalue weighted by atomic mass is 9.99. The predicted molar refractivity (Wildman–Crippen MR) is 125 cm³/mol. The molecule has 0 saturated carbocycles. The summed E-state index contributed by atoms with van der Waals surface area (Å²) >= 11 is 6.00. The van der Waals surface area contributed by atoms with Crippen molar-refractivity contribution in [3.8, 4) is 0 Å². The first-order chi connectivity index (χ1) is 16.4. The van der Waals surface area contributed by atoms with Crippen LogP contribution in [0.25, 0.3) is 16.7 Å². The molecule has 0 spiro atoms. The molecule has 0 bridgehead atoms. The number of carbonyl (C=O) groups is 1. The van der Waals surface area contributed by atoms with E-state index >= 15 is 0 Å². The fourth-order valence-corrected chi connectivity index (χ4v) is 5.19. The highest BCUT2D eigenvalue weighted by Gasteiger charge is 2.29. The van der Waals surface area contributed by atoms with E-state index in [9.17, 15) is 14.0 Å². The predicted octanol–water partition coefficient (Wildman–Crippen LogP) is 3.77. The minimum Gasteiger partial charge on any atom is -0.381 e. The van der Waals surface area contributed by atoms with Crippen LogP contribution < -0.4 is 10.5 Å². The number of carbonyl (C=O) groups excluding carboxylic acids is 1. The number of amides is 1. The molecule has 1 N–H and O–H groups in total. The summed E-state index contributed by atoms with van der Waals surface area (Å²) in [6.07, 6.45) is 2.13. The number of aromatic nitrogens is 4. The Morgan fingerprint density at radius 2 is 2.00 bits per heavy atom. The highest BCUT2D eigenvalue weighted by molar-refractivity contribution is 6.31. The lowest BCUT2D eigenvalue weighted by Gasteiger charge is -2.21. The van der Waals surface area contributed by atoms with Gasteiger partial charge in [0.15, 0.2) is 0 Å². The Labute approximate surface area is 198 Å². The normalized spacial score (nSPS) is 16.5. The number of hydrogen-bond acceptors (Lipinski definition) is 5. The second kappa shape index (κ2) is 7.89. The Morgan fingerprint density at radius 3 is 2.79 bits per heavy atom. The quantitative estimate of drug-likeness (QED) is 0.470. The molecule has 0 aliphatic carbocycles. The van der Waals surface area contributed by atoms with E-state index in [0.29, 0.717) is 54.3 Å². The van der Waals surface area contributed by atoms with Crippen molar-refractivity contribution in [2.24, 2.45) is 0 Å². The van der Waals surface area contributed by atoms with Crippen LogP contribution in [0, 0.1) is 12.7 Å². The summed E-state index contributed by atoms with van der Waals surface area (Å²) in [5.74, 6) is 0.110. The maximum atomic E-state index is 13.9. The molecule has 6 rings (SSSR count). The van der Waals surface area contributed by atoms with Gasteiger partial charge in [0.25, 0.3) is 11.5 Å². The summed E-state index contributed by atoms with van der Waals surface area (Å²) < 4.78 is 21.2. The van der Waals surface area contributed by atoms with E-state index in [4.69, 9.17) is 16.3 Å². The molecule has 2 aliphatic rings. The van der Waals surface area contributed by atoms with Gasteiger partial charge < -0.3 is 14.6 Å². The van der Waals surface area contributed by atoms with Crippen molar-refractivity contribution >= 4 is 39.9 Å². The molecule has 0 unspecified atom stereocenters. The topological polar surface area (TPSA) is 92.6 Å². The molecule has 1 saturated heterocycles. The Kier molecular flexibility index (Phi) is 4.93. The molecule has 2 aromatic carbocycles. The Hall–Kier alpha value is -3.30. The molecule has 1 amide bonds. The standard InChI is InChI=1S/C24H21ClFN5O3/c1-12-8-18-20(31-21(13-3-6-34-7-4-13)28-29-22(31)23(32)27-18)10-15(12)24(33)30-5-2-14-9-17(26)16(25)11-19(14)30/h8-11,13H,2-7H2,1H3,(H,27,32). The first-order valence-corrected chi connectivity index (χ1v) is 11.6. The average Bonchev–Trinajstić information content (AvgIpc) is 3.44. The molecule has 0 radical (unpaired) electrons. The van der Waals surface area contributed by atoms with Gasteiger partial charge in [-0.2, -0.15) is 0 Å². The van der Waals surface area contributed by atoms with Crippen molar-refractivity contribution in [1.29, 1.82) is 0 Å². The number of rotatable bonds is 2. The summed E-state index contributed by atoms with van der Waals surface area (Å²) in [6, 6.07) is 6.48. The number of benzene rings is 2. The van der Waals surface area contributed by atoms with E-state index in [1.54, 1.807) is 21.4 Å². The molecule has 4 aromatic rings. The van der Waals surface area contributed by atoms with Gasteiger partial charge in [0.05, 0.1) is 16.1 Å². The first-order valence-electron chi connectivity index (χ1n) is 11.2. The van der Waals surface area contributed by atoms with Crippen LogP contribution in [-0.4, -0.2) is 45.2 Å². The number of aromatic amines is 1. The highest BCUT2D eigenvalue weighted by atomic mass is 35.5. The fourth-order valence-electron chi connectivity index (χ4n) is 5.03. The molecule has 2 aliphatic heterocycles. The zero-order chi connectivity index (χ0) is 23.6. The van der Waals surface area contributed by atoms with Crippen LogP contribution in [-0.2, 0) is 11.2 Å². The lowest BCUT2D eigenvalue weighted by Crippen LogP contribution is -2.29. The van der Waals surface area contributed by atoms with Gasteiger partial charge in [-0.05, 0) is 61.6 Å². The highest BCUT2D eigenvalue weighted by Crippen LogP contribution is 2.35. The van der Waals surface area contributed by atoms with Gasteiger partial charge in [-0.25, -0.2) is 4.39 Å². The van der Waals surface area contributed by atoms with E-state index in [1.165, 1.54) is 12.1 Å². The number of ether oxygens (including phenoxy) is 1.